The van der Waals surface area contributed by atoms with Crippen LogP contribution in [0, 0.1) is 0 Å². The zero-order chi connectivity index (χ0) is 7.49. The third-order valence-corrected chi connectivity index (χ3v) is 0.684. The molecule has 0 aliphatic heterocycles. The Bertz CT molecular complexity index is 129. The predicted octanol–water partition coefficient (Wildman–Crippen LogP) is 0.325. The number of nitrogens with one attached hydrogen (secondary N) is 1. The smallest absolute Gasteiger partial charge is 0.243 e. The molecule has 1 amide bonds. The molecule has 2 nitrogen and oxygen atoms in total. The van der Waals surface area contributed by atoms with Gasteiger partial charge in [0.25, 0.3) is 0 Å². The molecule has 11 heavy (non-hydrogen) atoms. The summed E-state index contributed by atoms with van der Waals surface area (Å²) in [5.41, 5.74) is -0.148. The molecule has 54 valence electrons. The molecule has 0 spiro atoms. The molecule has 0 aromatic heterocycles. The molecule has 0 atom stereocenters. The zero-order valence-electron chi connectivity index (χ0n) is 8.19. The van der Waals surface area contributed by atoms with E-state index in [2.05, 4.69) is 11.9 Å². The number of carbonyl (C=O) groups excluding carboxylic acids is 1. The van der Waals surface area contributed by atoms with E-state index in [-0.39, 0.29) is 70.6 Å². The van der Waals surface area contributed by atoms with Crippen LogP contribution in [-0.2, 0) is 4.79 Å². The molecule has 0 heterocycles. The van der Waals surface area contributed by atoms with Crippen molar-refractivity contribution in [3.05, 3.63) is 12.7 Å². The van der Waals surface area contributed by atoms with Crippen LogP contribution >= 0.6 is 0 Å². The monoisotopic (exact) mass is 173 g/mol. The molecular formula is C7H13NNa2O. The van der Waals surface area contributed by atoms with Gasteiger partial charge in [-0.2, -0.15) is 0 Å². The van der Waals surface area contributed by atoms with Crippen LogP contribution in [0.1, 0.15) is 20.8 Å². The second-order valence-electron chi connectivity index (χ2n) is 2.94. The first-order chi connectivity index (χ1) is 3.95. The summed E-state index contributed by atoms with van der Waals surface area (Å²) in [6.07, 6.45) is 1.27. The van der Waals surface area contributed by atoms with E-state index in [9.17, 15) is 4.79 Å². The average Bonchev–Trinajstić information content (AvgIpc) is 1.62. The van der Waals surface area contributed by atoms with Gasteiger partial charge >= 0.3 is 0 Å². The minimum atomic E-state index is -0.148. The Hall–Kier alpha value is 1.21. The Morgan fingerprint density at radius 3 is 1.82 bits per heavy atom. The maximum atomic E-state index is 10.6. The second-order valence-corrected chi connectivity index (χ2v) is 2.94. The first-order valence-electron chi connectivity index (χ1n) is 2.90. The van der Waals surface area contributed by atoms with Crippen molar-refractivity contribution >= 4 is 65.0 Å². The normalized spacial score (nSPS) is 8.64. The van der Waals surface area contributed by atoms with Crippen molar-refractivity contribution in [3.8, 4) is 0 Å². The molecule has 0 fully saturated rings. The number of carbonyl (C=O) groups is 1. The summed E-state index contributed by atoms with van der Waals surface area (Å²) in [6.45, 7) is 9.11. The van der Waals surface area contributed by atoms with Crippen molar-refractivity contribution in [3.63, 3.8) is 0 Å². The van der Waals surface area contributed by atoms with Crippen LogP contribution in [0.25, 0.3) is 0 Å². The molecule has 4 heteroatoms. The minimum absolute atomic E-state index is 0. The minimum Gasteiger partial charge on any atom is -0.348 e. The van der Waals surface area contributed by atoms with Gasteiger partial charge in [-0.25, -0.2) is 0 Å². The Labute approximate surface area is 113 Å². The van der Waals surface area contributed by atoms with E-state index in [0.29, 0.717) is 0 Å². The van der Waals surface area contributed by atoms with E-state index in [1.165, 1.54) is 6.08 Å². The van der Waals surface area contributed by atoms with Gasteiger partial charge in [0, 0.05) is 64.7 Å². The second kappa shape index (κ2) is 7.84. The van der Waals surface area contributed by atoms with E-state index in [1.54, 1.807) is 0 Å². The third kappa shape index (κ3) is 14.1. The maximum absolute atomic E-state index is 10.6. The van der Waals surface area contributed by atoms with Gasteiger partial charge in [-0.1, -0.05) is 6.58 Å². The molecule has 2 radical (unpaired) electrons. The fraction of sp³-hybridized carbons (Fsp3) is 0.571. The molecule has 0 saturated carbocycles. The van der Waals surface area contributed by atoms with Crippen LogP contribution in [0.2, 0.25) is 0 Å². The van der Waals surface area contributed by atoms with Gasteiger partial charge in [-0.05, 0) is 26.8 Å². The van der Waals surface area contributed by atoms with Crippen LogP contribution in [0.15, 0.2) is 12.7 Å². The topological polar surface area (TPSA) is 29.1 Å². The fourth-order valence-corrected chi connectivity index (χ4v) is 0.421. The van der Waals surface area contributed by atoms with E-state index < -0.39 is 0 Å². The Balaban J connectivity index is -0.000000320. The van der Waals surface area contributed by atoms with E-state index >= 15 is 0 Å². The average molecular weight is 173 g/mol. The summed E-state index contributed by atoms with van der Waals surface area (Å²) < 4.78 is 0. The number of amides is 1. The van der Waals surface area contributed by atoms with Crippen LogP contribution in [0.4, 0.5) is 0 Å². The van der Waals surface area contributed by atoms with Crippen molar-refractivity contribution in [1.82, 2.24) is 5.32 Å². The van der Waals surface area contributed by atoms with Crippen molar-refractivity contribution < 1.29 is 4.79 Å². The van der Waals surface area contributed by atoms with Crippen LogP contribution in [0.3, 0.4) is 0 Å². The van der Waals surface area contributed by atoms with E-state index in [1.807, 2.05) is 20.8 Å². The summed E-state index contributed by atoms with van der Waals surface area (Å²) in [5, 5.41) is 2.71. The van der Waals surface area contributed by atoms with Crippen molar-refractivity contribution in [1.29, 1.82) is 0 Å². The predicted molar refractivity (Wildman–Crippen MR) is 49.6 cm³/mol. The zero-order valence-corrected chi connectivity index (χ0v) is 12.2. The van der Waals surface area contributed by atoms with Gasteiger partial charge in [0.1, 0.15) is 0 Å². The van der Waals surface area contributed by atoms with E-state index in [0.717, 1.165) is 0 Å². The molecule has 0 aliphatic rings. The molecule has 0 aliphatic carbocycles. The number of hydrogen-bond donors (Lipinski definition) is 1. The van der Waals surface area contributed by atoms with Crippen LogP contribution < -0.4 is 5.32 Å². The molecular weight excluding hydrogens is 160 g/mol. The van der Waals surface area contributed by atoms with Crippen molar-refractivity contribution in [2.45, 2.75) is 26.3 Å². The van der Waals surface area contributed by atoms with Gasteiger partial charge in [-0.15, -0.1) is 0 Å². The molecule has 0 bridgehead atoms. The van der Waals surface area contributed by atoms with E-state index in [4.69, 9.17) is 0 Å². The van der Waals surface area contributed by atoms with Gasteiger partial charge < -0.3 is 5.32 Å². The molecule has 0 saturated heterocycles. The van der Waals surface area contributed by atoms with Gasteiger partial charge in [-0.3, -0.25) is 4.79 Å². The number of rotatable bonds is 1. The molecule has 0 aromatic carbocycles. The Kier molecular flexibility index (Phi) is 12.9. The summed E-state index contributed by atoms with van der Waals surface area (Å²) in [6, 6.07) is 0. The fourth-order valence-electron chi connectivity index (χ4n) is 0.421. The maximum Gasteiger partial charge on any atom is 0.243 e. The molecule has 0 unspecified atom stereocenters. The first kappa shape index (κ1) is 18.1. The van der Waals surface area contributed by atoms with Crippen molar-refractivity contribution in [2.75, 3.05) is 0 Å². The van der Waals surface area contributed by atoms with Crippen molar-refractivity contribution in [2.24, 2.45) is 0 Å². The Morgan fingerprint density at radius 1 is 1.36 bits per heavy atom. The molecule has 0 rings (SSSR count). The Morgan fingerprint density at radius 2 is 1.73 bits per heavy atom. The summed E-state index contributed by atoms with van der Waals surface area (Å²) in [7, 11) is 0. The molecule has 0 aromatic rings. The SMILES string of the molecule is C=CC(=O)NC(C)(C)C.[Na].[Na]. The summed E-state index contributed by atoms with van der Waals surface area (Å²) in [4.78, 5) is 10.6. The number of hydrogen-bond acceptors (Lipinski definition) is 1. The summed E-state index contributed by atoms with van der Waals surface area (Å²) in [5.74, 6) is -0.123. The van der Waals surface area contributed by atoms with Gasteiger partial charge in [0.05, 0.1) is 0 Å². The van der Waals surface area contributed by atoms with Crippen LogP contribution in [-0.4, -0.2) is 70.6 Å². The van der Waals surface area contributed by atoms with Crippen LogP contribution in [0.5, 0.6) is 0 Å². The molecule has 1 N–H and O–H groups in total. The standard InChI is InChI=1S/C7H13NO.2Na/c1-5-6(9)8-7(2,3)4;;/h5H,1H2,2-4H3,(H,8,9);;. The summed E-state index contributed by atoms with van der Waals surface area (Å²) >= 11 is 0. The largest absolute Gasteiger partial charge is 0.348 e. The van der Waals surface area contributed by atoms with Gasteiger partial charge in [0.15, 0.2) is 0 Å². The quantitative estimate of drug-likeness (QED) is 0.449. The van der Waals surface area contributed by atoms with Gasteiger partial charge in [0.2, 0.25) is 5.91 Å². The first-order valence-corrected chi connectivity index (χ1v) is 2.90. The third-order valence-electron chi connectivity index (χ3n) is 0.684.